The monoisotopic (exact) mass is 676 g/mol. The third-order valence-electron chi connectivity index (χ3n) is 6.99. The van der Waals surface area contributed by atoms with E-state index in [1.807, 2.05) is 30.5 Å². The van der Waals surface area contributed by atoms with Gasteiger partial charge in [0, 0.05) is 23.6 Å². The molecule has 15 heteroatoms. The number of H-pyrrole nitrogens is 1. The second kappa shape index (κ2) is 17.2. The smallest absolute Gasteiger partial charge is 0.408 e. The predicted octanol–water partition coefficient (Wildman–Crippen LogP) is 2.30. The molecule has 0 spiro atoms. The Morgan fingerprint density at radius 2 is 1.66 bits per heavy atom. The van der Waals surface area contributed by atoms with E-state index >= 15 is 0 Å². The molecule has 14 nitrogen and oxygen atoms in total. The number of amides is 5. The molecular formula is C32H48N6O8S. The highest BCUT2D eigenvalue weighted by molar-refractivity contribution is 7.98. The van der Waals surface area contributed by atoms with Gasteiger partial charge in [0.1, 0.15) is 23.2 Å². The molecule has 0 bridgehead atoms. The minimum absolute atomic E-state index is 0.113. The summed E-state index contributed by atoms with van der Waals surface area (Å²) in [7, 11) is 0. The first-order valence-corrected chi connectivity index (χ1v) is 16.8. The molecular weight excluding hydrogens is 628 g/mol. The molecule has 0 saturated heterocycles. The number of aromatic amines is 1. The van der Waals surface area contributed by atoms with Crippen molar-refractivity contribution in [3.8, 4) is 0 Å². The van der Waals surface area contributed by atoms with Crippen LogP contribution in [0.15, 0.2) is 30.5 Å². The molecule has 0 radical (unpaired) electrons. The average molecular weight is 677 g/mol. The van der Waals surface area contributed by atoms with Crippen molar-refractivity contribution in [2.24, 2.45) is 5.73 Å². The topological polar surface area (TPSA) is 213 Å². The quantitative estimate of drug-likeness (QED) is 0.153. The SMILES string of the molecule is CCCN(C(=O)[C@H](CC(=O)O)NC(=O)[C@H](CCSC)NC(=O)[C@@H](N)Cc1c[nH]c2ccccc12)C(=O)C(C)(C)NC(=O)OC(C)(C)C. The van der Waals surface area contributed by atoms with Crippen LogP contribution < -0.4 is 21.7 Å². The van der Waals surface area contributed by atoms with E-state index in [2.05, 4.69) is 20.9 Å². The van der Waals surface area contributed by atoms with Crippen LogP contribution in [0.4, 0.5) is 4.79 Å². The number of fused-ring (bicyclic) bond motifs is 1. The van der Waals surface area contributed by atoms with E-state index in [1.165, 1.54) is 25.6 Å². The summed E-state index contributed by atoms with van der Waals surface area (Å²) in [5.74, 6) is -4.15. The maximum absolute atomic E-state index is 13.7. The van der Waals surface area contributed by atoms with Crippen molar-refractivity contribution in [2.45, 2.75) is 96.5 Å². The number of aliphatic carboxylic acids is 1. The average Bonchev–Trinajstić information content (AvgIpc) is 3.37. The van der Waals surface area contributed by atoms with Crippen molar-refractivity contribution in [1.82, 2.24) is 25.8 Å². The van der Waals surface area contributed by atoms with Crippen LogP contribution in [0.1, 0.15) is 66.4 Å². The Kier molecular flexibility index (Phi) is 14.3. The second-order valence-corrected chi connectivity index (χ2v) is 13.7. The third kappa shape index (κ3) is 11.9. The van der Waals surface area contributed by atoms with Gasteiger partial charge in [0.05, 0.1) is 12.5 Å². The second-order valence-electron chi connectivity index (χ2n) is 12.7. The van der Waals surface area contributed by atoms with E-state index in [-0.39, 0.29) is 19.4 Å². The van der Waals surface area contributed by atoms with Crippen molar-refractivity contribution >= 4 is 58.4 Å². The van der Waals surface area contributed by atoms with Gasteiger partial charge >= 0.3 is 12.1 Å². The number of carbonyl (C=O) groups excluding carboxylic acids is 5. The van der Waals surface area contributed by atoms with E-state index in [9.17, 15) is 33.9 Å². The van der Waals surface area contributed by atoms with Crippen LogP contribution in [0.3, 0.4) is 0 Å². The van der Waals surface area contributed by atoms with Crippen LogP contribution in [0.2, 0.25) is 0 Å². The number of alkyl carbamates (subject to hydrolysis) is 1. The van der Waals surface area contributed by atoms with Gasteiger partial charge < -0.3 is 36.5 Å². The van der Waals surface area contributed by atoms with Gasteiger partial charge in [-0.2, -0.15) is 11.8 Å². The van der Waals surface area contributed by atoms with Crippen molar-refractivity contribution in [3.63, 3.8) is 0 Å². The summed E-state index contributed by atoms with van der Waals surface area (Å²) in [6, 6.07) is 3.75. The normalized spacial score (nSPS) is 13.6. The molecule has 260 valence electrons. The highest BCUT2D eigenvalue weighted by Gasteiger charge is 2.40. The number of nitrogens with two attached hydrogens (primary N) is 1. The summed E-state index contributed by atoms with van der Waals surface area (Å²) in [6.07, 6.45) is 2.54. The minimum Gasteiger partial charge on any atom is -0.481 e. The minimum atomic E-state index is -1.65. The van der Waals surface area contributed by atoms with E-state index < -0.39 is 71.4 Å². The van der Waals surface area contributed by atoms with Crippen LogP contribution in [0, 0.1) is 0 Å². The van der Waals surface area contributed by atoms with Gasteiger partial charge in [-0.15, -0.1) is 0 Å². The third-order valence-corrected chi connectivity index (χ3v) is 7.64. The summed E-state index contributed by atoms with van der Waals surface area (Å²) in [5.41, 5.74) is 5.47. The summed E-state index contributed by atoms with van der Waals surface area (Å²) in [6.45, 7) is 9.32. The molecule has 1 heterocycles. The molecule has 47 heavy (non-hydrogen) atoms. The fraction of sp³-hybridized carbons (Fsp3) is 0.562. The largest absolute Gasteiger partial charge is 0.481 e. The summed E-state index contributed by atoms with van der Waals surface area (Å²) in [4.78, 5) is 82.2. The molecule has 0 fully saturated rings. The molecule has 0 aliphatic heterocycles. The number of aromatic nitrogens is 1. The number of hydrogen-bond acceptors (Lipinski definition) is 9. The Hall–Kier alpha value is -4.11. The number of carbonyl (C=O) groups is 6. The van der Waals surface area contributed by atoms with Crippen LogP contribution in [-0.4, -0.2) is 98.5 Å². The lowest BCUT2D eigenvalue weighted by Crippen LogP contribution is -2.62. The number of ether oxygens (including phenoxy) is 1. The Morgan fingerprint density at radius 3 is 2.26 bits per heavy atom. The zero-order chi connectivity index (χ0) is 35.5. The lowest BCUT2D eigenvalue weighted by molar-refractivity contribution is -0.153. The molecule has 2 aromatic rings. The number of nitrogens with one attached hydrogen (secondary N) is 4. The molecule has 5 amide bonds. The first-order valence-electron chi connectivity index (χ1n) is 15.4. The number of imide groups is 1. The lowest BCUT2D eigenvalue weighted by Gasteiger charge is -2.34. The maximum Gasteiger partial charge on any atom is 0.408 e. The van der Waals surface area contributed by atoms with E-state index in [1.54, 1.807) is 33.9 Å². The molecule has 3 atom stereocenters. The number of thioether (sulfide) groups is 1. The Balaban J connectivity index is 2.25. The number of carboxylic acids is 1. The zero-order valence-electron chi connectivity index (χ0n) is 28.1. The number of hydrogen-bond donors (Lipinski definition) is 6. The number of benzene rings is 1. The van der Waals surface area contributed by atoms with Gasteiger partial charge in [-0.3, -0.25) is 28.9 Å². The van der Waals surface area contributed by atoms with Gasteiger partial charge in [-0.05, 0) is 77.5 Å². The summed E-state index contributed by atoms with van der Waals surface area (Å²) in [5, 5.41) is 18.1. The standard InChI is InChI=1S/C32H48N6O8S/c1-8-14-38(29(44)32(5,6)37-30(45)46-31(2,3)4)28(43)24(17-25(39)40)36-27(42)23(13-15-47-7)35-26(41)21(33)16-19-18-34-22-12-10-9-11-20(19)22/h9-12,18,21,23-24,34H,8,13-17,33H2,1-7H3,(H,35,41)(H,36,42)(H,37,45)(H,39,40)/t21-,23-,24-/m0/s1. The summed E-state index contributed by atoms with van der Waals surface area (Å²) < 4.78 is 5.24. The Morgan fingerprint density at radius 1 is 1.02 bits per heavy atom. The van der Waals surface area contributed by atoms with Crippen LogP contribution in [0.25, 0.3) is 10.9 Å². The molecule has 7 N–H and O–H groups in total. The zero-order valence-corrected chi connectivity index (χ0v) is 28.9. The molecule has 2 rings (SSSR count). The van der Waals surface area contributed by atoms with E-state index in [0.29, 0.717) is 12.2 Å². The van der Waals surface area contributed by atoms with Gasteiger partial charge in [0.15, 0.2) is 0 Å². The number of rotatable bonds is 16. The van der Waals surface area contributed by atoms with Crippen molar-refractivity contribution in [2.75, 3.05) is 18.6 Å². The molecule has 0 aliphatic rings. The molecule has 1 aromatic carbocycles. The number of para-hydroxylation sites is 1. The fourth-order valence-corrected chi connectivity index (χ4v) is 5.20. The van der Waals surface area contributed by atoms with Gasteiger partial charge in [-0.25, -0.2) is 4.79 Å². The fourth-order valence-electron chi connectivity index (χ4n) is 4.73. The molecule has 0 unspecified atom stereocenters. The highest BCUT2D eigenvalue weighted by Crippen LogP contribution is 2.19. The summed E-state index contributed by atoms with van der Waals surface area (Å²) >= 11 is 1.42. The first kappa shape index (κ1) is 39.1. The lowest BCUT2D eigenvalue weighted by atomic mass is 10.0. The number of carboxylic acid groups (broad SMARTS) is 1. The first-order chi connectivity index (χ1) is 21.9. The predicted molar refractivity (Wildman–Crippen MR) is 180 cm³/mol. The molecule has 1 aromatic heterocycles. The van der Waals surface area contributed by atoms with E-state index in [4.69, 9.17) is 10.5 Å². The highest BCUT2D eigenvalue weighted by atomic mass is 32.2. The van der Waals surface area contributed by atoms with Gasteiger partial charge in [0.25, 0.3) is 11.8 Å². The van der Waals surface area contributed by atoms with Crippen LogP contribution >= 0.6 is 11.8 Å². The van der Waals surface area contributed by atoms with Crippen LogP contribution in [-0.2, 0) is 35.1 Å². The number of nitrogens with zero attached hydrogens (tertiary/aromatic N) is 1. The Bertz CT molecular complexity index is 1440. The van der Waals surface area contributed by atoms with Crippen molar-refractivity contribution in [3.05, 3.63) is 36.0 Å². The van der Waals surface area contributed by atoms with Gasteiger partial charge in [0.2, 0.25) is 11.8 Å². The van der Waals surface area contributed by atoms with E-state index in [0.717, 1.165) is 21.4 Å². The molecule has 0 aliphatic carbocycles. The Labute approximate surface area is 279 Å². The molecule has 0 saturated carbocycles. The van der Waals surface area contributed by atoms with Crippen molar-refractivity contribution < 1.29 is 38.6 Å². The maximum atomic E-state index is 13.7. The van der Waals surface area contributed by atoms with Gasteiger partial charge in [-0.1, -0.05) is 25.1 Å². The van der Waals surface area contributed by atoms with Crippen molar-refractivity contribution in [1.29, 1.82) is 0 Å². The van der Waals surface area contributed by atoms with Crippen LogP contribution in [0.5, 0.6) is 0 Å².